The van der Waals surface area contributed by atoms with Gasteiger partial charge in [-0.3, -0.25) is 14.2 Å². The molecule has 34 heavy (non-hydrogen) atoms. The topological polar surface area (TPSA) is 55.2 Å². The van der Waals surface area contributed by atoms with Crippen LogP contribution in [0.4, 0.5) is 0 Å². The number of aromatic nitrogens is 2. The monoisotopic (exact) mass is 479 g/mol. The number of carbonyl (C=O) groups excluding carboxylic acids is 1. The smallest absolute Gasteiger partial charge is 0.266 e. The third-order valence-electron chi connectivity index (χ3n) is 7.16. The molecule has 1 unspecified atom stereocenters. The molecule has 1 atom stereocenters. The summed E-state index contributed by atoms with van der Waals surface area (Å²) in [6.07, 6.45) is 7.19. The maximum atomic E-state index is 13.8. The van der Waals surface area contributed by atoms with E-state index in [4.69, 9.17) is 16.6 Å². The van der Waals surface area contributed by atoms with Crippen molar-refractivity contribution in [1.82, 2.24) is 14.5 Å². The van der Waals surface area contributed by atoms with Gasteiger partial charge in [-0.2, -0.15) is 0 Å². The number of halogens is 1. The third-order valence-corrected chi connectivity index (χ3v) is 7.40. The quantitative estimate of drug-likeness (QED) is 0.365. The number of benzene rings is 2. The zero-order valence-electron chi connectivity index (χ0n) is 20.4. The Hall–Kier alpha value is -2.66. The van der Waals surface area contributed by atoms with E-state index in [0.717, 1.165) is 17.7 Å². The van der Waals surface area contributed by atoms with Gasteiger partial charge in [-0.1, -0.05) is 56.3 Å². The number of aryl methyl sites for hydroxylation is 1. The van der Waals surface area contributed by atoms with E-state index in [1.165, 1.54) is 25.7 Å². The van der Waals surface area contributed by atoms with Gasteiger partial charge in [0.2, 0.25) is 5.91 Å². The van der Waals surface area contributed by atoms with E-state index >= 15 is 0 Å². The Morgan fingerprint density at radius 1 is 1.18 bits per heavy atom. The maximum Gasteiger partial charge on any atom is 0.266 e. The molecule has 1 saturated carbocycles. The summed E-state index contributed by atoms with van der Waals surface area (Å²) in [5.41, 5.74) is 2.16. The molecular weight excluding hydrogens is 446 g/mol. The SMILES string of the molecule is CCC(c1nc2ccccc2c(=O)n1-c1ccc(Cl)cc1C)N(CC)C(=O)CCC1CCCC1. The minimum Gasteiger partial charge on any atom is -0.333 e. The average Bonchev–Trinajstić information content (AvgIpc) is 3.35. The predicted molar refractivity (Wildman–Crippen MR) is 139 cm³/mol. The largest absolute Gasteiger partial charge is 0.333 e. The molecule has 1 heterocycles. The molecule has 1 aliphatic rings. The normalized spacial score (nSPS) is 15.1. The molecule has 1 aliphatic carbocycles. The van der Waals surface area contributed by atoms with Gasteiger partial charge in [-0.05, 0) is 68.5 Å². The van der Waals surface area contributed by atoms with Crippen molar-refractivity contribution in [1.29, 1.82) is 0 Å². The minimum absolute atomic E-state index is 0.126. The number of para-hydroxylation sites is 1. The number of carbonyl (C=O) groups is 1. The highest BCUT2D eigenvalue weighted by Crippen LogP contribution is 2.31. The second kappa shape index (κ2) is 10.7. The molecular formula is C28H34ClN3O2. The van der Waals surface area contributed by atoms with Gasteiger partial charge in [0.1, 0.15) is 5.82 Å². The summed E-state index contributed by atoms with van der Waals surface area (Å²) in [5, 5.41) is 1.18. The summed E-state index contributed by atoms with van der Waals surface area (Å²) >= 11 is 6.22. The van der Waals surface area contributed by atoms with Gasteiger partial charge < -0.3 is 4.90 Å². The number of nitrogens with zero attached hydrogens (tertiary/aromatic N) is 3. The van der Waals surface area contributed by atoms with Gasteiger partial charge in [0.25, 0.3) is 5.56 Å². The first-order valence-corrected chi connectivity index (χ1v) is 12.9. The molecule has 1 amide bonds. The van der Waals surface area contributed by atoms with E-state index in [0.29, 0.717) is 47.1 Å². The van der Waals surface area contributed by atoms with Crippen LogP contribution in [0.25, 0.3) is 16.6 Å². The Morgan fingerprint density at radius 2 is 1.91 bits per heavy atom. The van der Waals surface area contributed by atoms with E-state index in [2.05, 4.69) is 6.92 Å². The van der Waals surface area contributed by atoms with E-state index < -0.39 is 0 Å². The molecule has 0 N–H and O–H groups in total. The van der Waals surface area contributed by atoms with E-state index in [1.54, 1.807) is 10.6 Å². The summed E-state index contributed by atoms with van der Waals surface area (Å²) in [6, 6.07) is 12.6. The van der Waals surface area contributed by atoms with Crippen molar-refractivity contribution in [2.75, 3.05) is 6.54 Å². The number of fused-ring (bicyclic) bond motifs is 1. The Labute approximate surface area is 206 Å². The first kappa shape index (κ1) is 24.5. The summed E-state index contributed by atoms with van der Waals surface area (Å²) in [7, 11) is 0. The Kier molecular flexibility index (Phi) is 7.72. The summed E-state index contributed by atoms with van der Waals surface area (Å²) in [4.78, 5) is 34.1. The number of rotatable bonds is 8. The van der Waals surface area contributed by atoms with Crippen molar-refractivity contribution in [3.05, 3.63) is 69.2 Å². The lowest BCUT2D eigenvalue weighted by atomic mass is 10.0. The predicted octanol–water partition coefficient (Wildman–Crippen LogP) is 6.62. The second-order valence-corrected chi connectivity index (χ2v) is 9.79. The van der Waals surface area contributed by atoms with Gasteiger partial charge in [0.15, 0.2) is 0 Å². The highest BCUT2D eigenvalue weighted by molar-refractivity contribution is 6.30. The van der Waals surface area contributed by atoms with Crippen LogP contribution in [0.1, 0.15) is 76.2 Å². The van der Waals surface area contributed by atoms with Crippen molar-refractivity contribution in [2.24, 2.45) is 5.92 Å². The number of amides is 1. The average molecular weight is 480 g/mol. The van der Waals surface area contributed by atoms with Gasteiger partial charge in [-0.25, -0.2) is 4.98 Å². The summed E-state index contributed by atoms with van der Waals surface area (Å²) in [5.74, 6) is 1.41. The van der Waals surface area contributed by atoms with Crippen LogP contribution in [0.15, 0.2) is 47.3 Å². The lowest BCUT2D eigenvalue weighted by Gasteiger charge is -2.32. The molecule has 6 heteroatoms. The minimum atomic E-state index is -0.298. The van der Waals surface area contributed by atoms with E-state index in [1.807, 2.05) is 55.1 Å². The van der Waals surface area contributed by atoms with Crippen LogP contribution in [-0.2, 0) is 4.79 Å². The zero-order chi connectivity index (χ0) is 24.2. The Bertz CT molecular complexity index is 1230. The van der Waals surface area contributed by atoms with Gasteiger partial charge in [0, 0.05) is 18.0 Å². The van der Waals surface area contributed by atoms with Crippen LogP contribution in [0.5, 0.6) is 0 Å². The highest BCUT2D eigenvalue weighted by Gasteiger charge is 2.29. The third kappa shape index (κ3) is 4.90. The van der Waals surface area contributed by atoms with Crippen molar-refractivity contribution < 1.29 is 4.79 Å². The Balaban J connectivity index is 1.81. The summed E-state index contributed by atoms with van der Waals surface area (Å²) < 4.78 is 1.69. The summed E-state index contributed by atoms with van der Waals surface area (Å²) in [6.45, 7) is 6.58. The van der Waals surface area contributed by atoms with Gasteiger partial charge in [0.05, 0.1) is 22.6 Å². The second-order valence-electron chi connectivity index (χ2n) is 9.35. The molecule has 4 rings (SSSR count). The lowest BCUT2D eigenvalue weighted by molar-refractivity contribution is -0.134. The van der Waals surface area contributed by atoms with Crippen LogP contribution < -0.4 is 5.56 Å². The zero-order valence-corrected chi connectivity index (χ0v) is 21.1. The van der Waals surface area contributed by atoms with Crippen molar-refractivity contribution in [3.63, 3.8) is 0 Å². The van der Waals surface area contributed by atoms with Crippen molar-refractivity contribution in [2.45, 2.75) is 71.8 Å². The molecule has 2 aromatic carbocycles. The van der Waals surface area contributed by atoms with Crippen molar-refractivity contribution in [3.8, 4) is 5.69 Å². The molecule has 0 bridgehead atoms. The molecule has 5 nitrogen and oxygen atoms in total. The molecule has 1 aromatic heterocycles. The number of hydrogen-bond acceptors (Lipinski definition) is 3. The molecule has 1 fully saturated rings. The van der Waals surface area contributed by atoms with Crippen molar-refractivity contribution >= 4 is 28.4 Å². The standard InChI is InChI=1S/C28H34ClN3O2/c1-4-24(31(5-2)26(33)17-14-20-10-6-7-11-20)27-30-23-13-9-8-12-22(23)28(34)32(27)25-16-15-21(29)18-19(25)3/h8-9,12-13,15-16,18,20,24H,4-7,10-11,14,17H2,1-3H3. The first-order valence-electron chi connectivity index (χ1n) is 12.5. The van der Waals surface area contributed by atoms with E-state index in [9.17, 15) is 9.59 Å². The van der Waals surface area contributed by atoms with Crippen LogP contribution >= 0.6 is 11.6 Å². The van der Waals surface area contributed by atoms with Gasteiger partial charge >= 0.3 is 0 Å². The number of hydrogen-bond donors (Lipinski definition) is 0. The van der Waals surface area contributed by atoms with Crippen LogP contribution in [0, 0.1) is 12.8 Å². The van der Waals surface area contributed by atoms with Gasteiger partial charge in [-0.15, -0.1) is 0 Å². The fraction of sp³-hybridized carbons (Fsp3) is 0.464. The fourth-order valence-electron chi connectivity index (χ4n) is 5.36. The molecule has 0 spiro atoms. The molecule has 0 saturated heterocycles. The molecule has 180 valence electrons. The Morgan fingerprint density at radius 3 is 2.59 bits per heavy atom. The molecule has 0 aliphatic heterocycles. The first-order chi connectivity index (χ1) is 16.4. The lowest BCUT2D eigenvalue weighted by Crippen LogP contribution is -2.38. The van der Waals surface area contributed by atoms with Crippen LogP contribution in [-0.4, -0.2) is 26.9 Å². The van der Waals surface area contributed by atoms with Crippen LogP contribution in [0.3, 0.4) is 0 Å². The highest BCUT2D eigenvalue weighted by atomic mass is 35.5. The molecule has 3 aromatic rings. The molecule has 0 radical (unpaired) electrons. The fourth-order valence-corrected chi connectivity index (χ4v) is 5.59. The maximum absolute atomic E-state index is 13.8. The van der Waals surface area contributed by atoms with E-state index in [-0.39, 0.29) is 17.5 Å². The van der Waals surface area contributed by atoms with Crippen LogP contribution in [0.2, 0.25) is 5.02 Å².